The zero-order chi connectivity index (χ0) is 18.6. The maximum absolute atomic E-state index is 12.3. The average molecular weight is 359 g/mol. The molecular weight excluding hydrogens is 346 g/mol. The summed E-state index contributed by atoms with van der Waals surface area (Å²) in [7, 11) is 0. The summed E-state index contributed by atoms with van der Waals surface area (Å²) < 4.78 is 10.6. The highest BCUT2D eigenvalue weighted by Gasteiger charge is 2.14. The highest BCUT2D eigenvalue weighted by atomic mass is 16.7. The second-order valence-electron chi connectivity index (χ2n) is 5.64. The van der Waals surface area contributed by atoms with Crippen molar-refractivity contribution in [1.82, 2.24) is 9.97 Å². The Bertz CT molecular complexity index is 1040. The summed E-state index contributed by atoms with van der Waals surface area (Å²) in [6, 6.07) is 14.1. The summed E-state index contributed by atoms with van der Waals surface area (Å²) >= 11 is 0. The number of carbonyl (C=O) groups is 1. The Morgan fingerprint density at radius 3 is 2.67 bits per heavy atom. The van der Waals surface area contributed by atoms with Crippen LogP contribution in [-0.4, -0.2) is 22.7 Å². The van der Waals surface area contributed by atoms with Gasteiger partial charge in [0.25, 0.3) is 5.91 Å². The van der Waals surface area contributed by atoms with E-state index in [1.807, 2.05) is 12.1 Å². The zero-order valence-electron chi connectivity index (χ0n) is 14.0. The van der Waals surface area contributed by atoms with Gasteiger partial charge in [-0.2, -0.15) is 5.26 Å². The van der Waals surface area contributed by atoms with Gasteiger partial charge in [-0.1, -0.05) is 6.07 Å². The molecule has 0 atom stereocenters. The predicted molar refractivity (Wildman–Crippen MR) is 97.0 cm³/mol. The molecule has 1 amide bonds. The molecule has 0 unspecified atom stereocenters. The minimum Gasteiger partial charge on any atom is -0.454 e. The minimum atomic E-state index is -0.361. The Morgan fingerprint density at radius 1 is 1.04 bits per heavy atom. The first-order valence-electron chi connectivity index (χ1n) is 8.01. The van der Waals surface area contributed by atoms with Gasteiger partial charge in [-0.3, -0.25) is 4.79 Å². The van der Waals surface area contributed by atoms with Gasteiger partial charge in [-0.05, 0) is 30.3 Å². The number of nitrogens with one attached hydrogen (secondary N) is 2. The fraction of sp³-hybridized carbons (Fsp3) is 0.0526. The molecule has 132 valence electrons. The third-order valence-corrected chi connectivity index (χ3v) is 3.79. The Hall–Kier alpha value is -4.12. The van der Waals surface area contributed by atoms with Gasteiger partial charge in [0.15, 0.2) is 11.5 Å². The van der Waals surface area contributed by atoms with Crippen molar-refractivity contribution in [2.75, 3.05) is 17.4 Å². The molecule has 0 saturated heterocycles. The lowest BCUT2D eigenvalue weighted by Gasteiger charge is -2.07. The molecule has 0 aliphatic carbocycles. The number of hydrogen-bond donors (Lipinski definition) is 2. The molecule has 8 heteroatoms. The molecular formula is C19H13N5O3. The first kappa shape index (κ1) is 16.4. The fourth-order valence-corrected chi connectivity index (χ4v) is 2.48. The molecule has 1 aromatic heterocycles. The van der Waals surface area contributed by atoms with Crippen LogP contribution in [0.1, 0.15) is 15.9 Å². The van der Waals surface area contributed by atoms with Crippen LogP contribution in [0.25, 0.3) is 0 Å². The Morgan fingerprint density at radius 2 is 1.85 bits per heavy atom. The van der Waals surface area contributed by atoms with Gasteiger partial charge in [-0.15, -0.1) is 0 Å². The molecule has 2 aromatic carbocycles. The molecule has 8 nitrogen and oxygen atoms in total. The van der Waals surface area contributed by atoms with Gasteiger partial charge in [0.05, 0.1) is 17.2 Å². The van der Waals surface area contributed by atoms with Crippen molar-refractivity contribution in [3.63, 3.8) is 0 Å². The zero-order valence-corrected chi connectivity index (χ0v) is 14.0. The Kier molecular flexibility index (Phi) is 4.25. The van der Waals surface area contributed by atoms with Crippen LogP contribution in [0.3, 0.4) is 0 Å². The number of ether oxygens (including phenoxy) is 2. The lowest BCUT2D eigenvalue weighted by atomic mass is 10.2. The van der Waals surface area contributed by atoms with Gasteiger partial charge in [0.1, 0.15) is 0 Å². The summed E-state index contributed by atoms with van der Waals surface area (Å²) in [6.07, 6.45) is 2.84. The molecule has 0 bridgehead atoms. The van der Waals surface area contributed by atoms with E-state index < -0.39 is 0 Å². The second-order valence-corrected chi connectivity index (χ2v) is 5.64. The standard InChI is InChI=1S/C19H13N5O3/c20-8-12-2-1-3-14(6-12)23-18(25)13-9-21-19(22-10-13)24-15-4-5-16-17(7-15)27-11-26-16/h1-7,9-10H,11H2,(H,23,25)(H,21,22,24). The number of carbonyl (C=O) groups excluding carboxylic acids is 1. The number of aromatic nitrogens is 2. The van der Waals surface area contributed by atoms with Crippen LogP contribution in [0.15, 0.2) is 54.9 Å². The predicted octanol–water partition coefficient (Wildman–Crippen LogP) is 3.07. The highest BCUT2D eigenvalue weighted by Crippen LogP contribution is 2.34. The molecule has 0 radical (unpaired) electrons. The average Bonchev–Trinajstić information content (AvgIpc) is 3.16. The summed E-state index contributed by atoms with van der Waals surface area (Å²) in [5.74, 6) is 1.32. The van der Waals surface area contributed by atoms with Crippen LogP contribution in [0.2, 0.25) is 0 Å². The lowest BCUT2D eigenvalue weighted by molar-refractivity contribution is 0.102. The summed E-state index contributed by atoms with van der Waals surface area (Å²) in [4.78, 5) is 20.6. The van der Waals surface area contributed by atoms with E-state index in [2.05, 4.69) is 20.6 Å². The maximum atomic E-state index is 12.3. The second kappa shape index (κ2) is 7.01. The third-order valence-electron chi connectivity index (χ3n) is 3.79. The third kappa shape index (κ3) is 3.62. The van der Waals surface area contributed by atoms with Crippen LogP contribution >= 0.6 is 0 Å². The van der Waals surface area contributed by atoms with Crippen molar-refractivity contribution in [3.05, 3.63) is 66.0 Å². The largest absolute Gasteiger partial charge is 0.454 e. The topological polar surface area (TPSA) is 109 Å². The molecule has 1 aliphatic heterocycles. The van der Waals surface area contributed by atoms with Crippen LogP contribution in [-0.2, 0) is 0 Å². The van der Waals surface area contributed by atoms with E-state index in [1.165, 1.54) is 12.4 Å². The smallest absolute Gasteiger partial charge is 0.258 e. The van der Waals surface area contributed by atoms with Gasteiger partial charge < -0.3 is 20.1 Å². The number of nitrogens with zero attached hydrogens (tertiary/aromatic N) is 3. The van der Waals surface area contributed by atoms with Crippen LogP contribution < -0.4 is 20.1 Å². The van der Waals surface area contributed by atoms with E-state index >= 15 is 0 Å². The van der Waals surface area contributed by atoms with E-state index in [4.69, 9.17) is 14.7 Å². The van der Waals surface area contributed by atoms with Crippen molar-refractivity contribution in [2.24, 2.45) is 0 Å². The molecule has 0 saturated carbocycles. The van der Waals surface area contributed by atoms with Gasteiger partial charge in [0.2, 0.25) is 12.7 Å². The first-order valence-corrected chi connectivity index (χ1v) is 8.01. The number of rotatable bonds is 4. The van der Waals surface area contributed by atoms with Crippen molar-refractivity contribution in [2.45, 2.75) is 0 Å². The monoisotopic (exact) mass is 359 g/mol. The van der Waals surface area contributed by atoms with Gasteiger partial charge >= 0.3 is 0 Å². The van der Waals surface area contributed by atoms with Crippen molar-refractivity contribution in [3.8, 4) is 17.6 Å². The normalized spacial score (nSPS) is 11.5. The van der Waals surface area contributed by atoms with Crippen molar-refractivity contribution in [1.29, 1.82) is 5.26 Å². The fourth-order valence-electron chi connectivity index (χ4n) is 2.48. The van der Waals surface area contributed by atoms with Crippen LogP contribution in [0.5, 0.6) is 11.5 Å². The molecule has 2 heterocycles. The molecule has 27 heavy (non-hydrogen) atoms. The Labute approximate surface area is 154 Å². The number of fused-ring (bicyclic) bond motifs is 1. The molecule has 0 fully saturated rings. The van der Waals surface area contributed by atoms with Crippen LogP contribution in [0, 0.1) is 11.3 Å². The molecule has 1 aliphatic rings. The summed E-state index contributed by atoms with van der Waals surface area (Å²) in [5, 5.41) is 14.7. The van der Waals surface area contributed by atoms with Gasteiger partial charge in [-0.25, -0.2) is 9.97 Å². The lowest BCUT2D eigenvalue weighted by Crippen LogP contribution is -2.13. The number of amides is 1. The number of benzene rings is 2. The molecule has 4 rings (SSSR count). The number of hydrogen-bond acceptors (Lipinski definition) is 7. The van der Waals surface area contributed by atoms with E-state index in [-0.39, 0.29) is 12.7 Å². The summed E-state index contributed by atoms with van der Waals surface area (Å²) in [6.45, 7) is 0.205. The highest BCUT2D eigenvalue weighted by molar-refractivity contribution is 6.04. The first-order chi connectivity index (χ1) is 13.2. The van der Waals surface area contributed by atoms with E-state index in [9.17, 15) is 4.79 Å². The van der Waals surface area contributed by atoms with E-state index in [1.54, 1.807) is 36.4 Å². The number of nitriles is 1. The van der Waals surface area contributed by atoms with Gasteiger partial charge in [0, 0.05) is 29.8 Å². The SMILES string of the molecule is N#Cc1cccc(NC(=O)c2cnc(Nc3ccc4c(c3)OCO4)nc2)c1. The van der Waals surface area contributed by atoms with Crippen LogP contribution in [0.4, 0.5) is 17.3 Å². The summed E-state index contributed by atoms with van der Waals surface area (Å²) in [5.41, 5.74) is 2.03. The molecule has 0 spiro atoms. The minimum absolute atomic E-state index is 0.205. The number of anilines is 3. The van der Waals surface area contributed by atoms with Crippen molar-refractivity contribution < 1.29 is 14.3 Å². The quantitative estimate of drug-likeness (QED) is 0.737. The van der Waals surface area contributed by atoms with Crippen molar-refractivity contribution >= 4 is 23.2 Å². The maximum Gasteiger partial charge on any atom is 0.258 e. The van der Waals surface area contributed by atoms with E-state index in [0.29, 0.717) is 34.3 Å². The van der Waals surface area contributed by atoms with E-state index in [0.717, 1.165) is 5.69 Å². The molecule has 3 aromatic rings. The Balaban J connectivity index is 1.44. The molecule has 2 N–H and O–H groups in total.